The molecule has 2 aromatic heterocycles. The van der Waals surface area contributed by atoms with Crippen molar-refractivity contribution in [1.82, 2.24) is 19.9 Å². The first-order valence-corrected chi connectivity index (χ1v) is 6.54. The van der Waals surface area contributed by atoms with Gasteiger partial charge in [-0.25, -0.2) is 4.98 Å². The van der Waals surface area contributed by atoms with Crippen molar-refractivity contribution in [3.8, 4) is 0 Å². The standard InChI is InChI=1S/C14H18N4/c1-3-12(9-15-5-1)10-16-11-13-4-2-7-18-8-6-17-14(13)18/h1,3,5-6,8-9,13,16H,2,4,7,10-11H2/t13-/m0/s1. The number of imidazole rings is 1. The van der Waals surface area contributed by atoms with E-state index in [-0.39, 0.29) is 0 Å². The fraction of sp³-hybridized carbons (Fsp3) is 0.429. The Morgan fingerprint density at radius 2 is 2.39 bits per heavy atom. The minimum absolute atomic E-state index is 0.547. The molecule has 4 heteroatoms. The Kier molecular flexibility index (Phi) is 3.37. The molecule has 0 aromatic carbocycles. The second kappa shape index (κ2) is 5.31. The van der Waals surface area contributed by atoms with E-state index in [0.29, 0.717) is 5.92 Å². The molecule has 0 unspecified atom stereocenters. The number of hydrogen-bond acceptors (Lipinski definition) is 3. The summed E-state index contributed by atoms with van der Waals surface area (Å²) in [5.41, 5.74) is 1.23. The number of nitrogens with one attached hydrogen (secondary N) is 1. The molecule has 1 atom stereocenters. The van der Waals surface area contributed by atoms with Gasteiger partial charge >= 0.3 is 0 Å². The Balaban J connectivity index is 1.56. The van der Waals surface area contributed by atoms with Crippen molar-refractivity contribution in [3.05, 3.63) is 48.3 Å². The zero-order chi connectivity index (χ0) is 12.2. The summed E-state index contributed by atoms with van der Waals surface area (Å²) >= 11 is 0. The van der Waals surface area contributed by atoms with Gasteiger partial charge in [0.2, 0.25) is 0 Å². The van der Waals surface area contributed by atoms with Crippen molar-refractivity contribution in [2.45, 2.75) is 31.8 Å². The Bertz CT molecular complexity index is 492. The van der Waals surface area contributed by atoms with E-state index in [1.807, 2.05) is 18.5 Å². The van der Waals surface area contributed by atoms with Crippen molar-refractivity contribution in [1.29, 1.82) is 0 Å². The van der Waals surface area contributed by atoms with Crippen LogP contribution in [0.25, 0.3) is 0 Å². The lowest BCUT2D eigenvalue weighted by Crippen LogP contribution is -2.26. The number of nitrogens with zero attached hydrogens (tertiary/aromatic N) is 3. The summed E-state index contributed by atoms with van der Waals surface area (Å²) in [4.78, 5) is 8.60. The molecule has 3 rings (SSSR count). The summed E-state index contributed by atoms with van der Waals surface area (Å²) in [5.74, 6) is 1.78. The van der Waals surface area contributed by atoms with Crippen LogP contribution >= 0.6 is 0 Å². The van der Waals surface area contributed by atoms with Crippen molar-refractivity contribution in [2.75, 3.05) is 6.54 Å². The molecule has 1 aliphatic heterocycles. The van der Waals surface area contributed by atoms with E-state index in [2.05, 4.69) is 32.1 Å². The SMILES string of the molecule is c1cncc(CNC[C@@H]2CCCn3ccnc32)c1. The van der Waals surface area contributed by atoms with E-state index in [1.54, 1.807) is 6.20 Å². The van der Waals surface area contributed by atoms with Gasteiger partial charge in [0, 0.05) is 50.3 Å². The van der Waals surface area contributed by atoms with Crippen molar-refractivity contribution in [3.63, 3.8) is 0 Å². The van der Waals surface area contributed by atoms with E-state index in [4.69, 9.17) is 0 Å². The van der Waals surface area contributed by atoms with Gasteiger partial charge in [0.15, 0.2) is 0 Å². The summed E-state index contributed by atoms with van der Waals surface area (Å²) in [6, 6.07) is 4.08. The van der Waals surface area contributed by atoms with Gasteiger partial charge in [-0.15, -0.1) is 0 Å². The van der Waals surface area contributed by atoms with E-state index >= 15 is 0 Å². The van der Waals surface area contributed by atoms with Crippen LogP contribution in [0.5, 0.6) is 0 Å². The fourth-order valence-corrected chi connectivity index (χ4v) is 2.59. The summed E-state index contributed by atoms with van der Waals surface area (Å²) in [5, 5.41) is 3.51. The highest BCUT2D eigenvalue weighted by Gasteiger charge is 2.20. The molecule has 0 radical (unpaired) electrons. The number of rotatable bonds is 4. The van der Waals surface area contributed by atoms with Crippen LogP contribution in [0.2, 0.25) is 0 Å². The maximum atomic E-state index is 4.47. The normalized spacial score (nSPS) is 18.6. The lowest BCUT2D eigenvalue weighted by atomic mass is 9.99. The molecule has 0 saturated heterocycles. The molecular formula is C14H18N4. The summed E-state index contributed by atoms with van der Waals surface area (Å²) in [6.45, 7) is 2.99. The highest BCUT2D eigenvalue weighted by molar-refractivity contribution is 5.09. The van der Waals surface area contributed by atoms with Crippen molar-refractivity contribution >= 4 is 0 Å². The molecule has 94 valence electrons. The molecule has 1 N–H and O–H groups in total. The van der Waals surface area contributed by atoms with Gasteiger partial charge in [-0.3, -0.25) is 4.98 Å². The number of pyridine rings is 1. The Morgan fingerprint density at radius 1 is 1.39 bits per heavy atom. The van der Waals surface area contributed by atoms with Crippen LogP contribution in [0.1, 0.15) is 30.1 Å². The number of aromatic nitrogens is 3. The zero-order valence-corrected chi connectivity index (χ0v) is 10.4. The Labute approximate surface area is 107 Å². The molecule has 3 heterocycles. The fourth-order valence-electron chi connectivity index (χ4n) is 2.59. The molecule has 2 aromatic rings. The molecule has 4 nitrogen and oxygen atoms in total. The van der Waals surface area contributed by atoms with Gasteiger partial charge in [-0.05, 0) is 24.5 Å². The maximum absolute atomic E-state index is 4.47. The minimum atomic E-state index is 0.547. The molecule has 0 saturated carbocycles. The van der Waals surface area contributed by atoms with Crippen LogP contribution in [0, 0.1) is 0 Å². The highest BCUT2D eigenvalue weighted by Crippen LogP contribution is 2.24. The quantitative estimate of drug-likeness (QED) is 0.891. The Morgan fingerprint density at radius 3 is 3.28 bits per heavy atom. The first-order valence-electron chi connectivity index (χ1n) is 6.54. The predicted molar refractivity (Wildman–Crippen MR) is 70.1 cm³/mol. The predicted octanol–water partition coefficient (Wildman–Crippen LogP) is 1.95. The summed E-state index contributed by atoms with van der Waals surface area (Å²) < 4.78 is 2.28. The first-order chi connectivity index (χ1) is 8.93. The third-order valence-corrected chi connectivity index (χ3v) is 3.51. The largest absolute Gasteiger partial charge is 0.335 e. The van der Waals surface area contributed by atoms with Gasteiger partial charge in [-0.1, -0.05) is 6.07 Å². The third kappa shape index (κ3) is 2.43. The third-order valence-electron chi connectivity index (χ3n) is 3.51. The second-order valence-electron chi connectivity index (χ2n) is 4.81. The average Bonchev–Trinajstić information content (AvgIpc) is 2.89. The maximum Gasteiger partial charge on any atom is 0.113 e. The number of fused-ring (bicyclic) bond motifs is 1. The molecular weight excluding hydrogens is 224 g/mol. The smallest absolute Gasteiger partial charge is 0.113 e. The van der Waals surface area contributed by atoms with E-state index in [0.717, 1.165) is 19.6 Å². The van der Waals surface area contributed by atoms with Gasteiger partial charge in [-0.2, -0.15) is 0 Å². The molecule has 0 aliphatic carbocycles. The Hall–Kier alpha value is -1.68. The average molecular weight is 242 g/mol. The van der Waals surface area contributed by atoms with Gasteiger partial charge in [0.25, 0.3) is 0 Å². The van der Waals surface area contributed by atoms with E-state index in [1.165, 1.54) is 24.2 Å². The van der Waals surface area contributed by atoms with Crippen LogP contribution in [-0.4, -0.2) is 21.1 Å². The van der Waals surface area contributed by atoms with Gasteiger partial charge < -0.3 is 9.88 Å². The monoisotopic (exact) mass is 242 g/mol. The first kappa shape index (κ1) is 11.4. The van der Waals surface area contributed by atoms with Gasteiger partial charge in [0.05, 0.1) is 0 Å². The topological polar surface area (TPSA) is 42.7 Å². The summed E-state index contributed by atoms with van der Waals surface area (Å²) in [6.07, 6.45) is 10.2. The van der Waals surface area contributed by atoms with Crippen molar-refractivity contribution < 1.29 is 0 Å². The zero-order valence-electron chi connectivity index (χ0n) is 10.4. The van der Waals surface area contributed by atoms with E-state index in [9.17, 15) is 0 Å². The second-order valence-corrected chi connectivity index (χ2v) is 4.81. The minimum Gasteiger partial charge on any atom is -0.335 e. The molecule has 1 aliphatic rings. The molecule has 0 amide bonds. The molecule has 18 heavy (non-hydrogen) atoms. The lowest BCUT2D eigenvalue weighted by molar-refractivity contribution is 0.423. The van der Waals surface area contributed by atoms with Gasteiger partial charge in [0.1, 0.15) is 5.82 Å². The highest BCUT2D eigenvalue weighted by atomic mass is 15.1. The number of hydrogen-bond donors (Lipinski definition) is 1. The number of aryl methyl sites for hydroxylation is 1. The van der Waals surface area contributed by atoms with Crippen LogP contribution < -0.4 is 5.32 Å². The van der Waals surface area contributed by atoms with Crippen LogP contribution in [-0.2, 0) is 13.1 Å². The molecule has 0 bridgehead atoms. The van der Waals surface area contributed by atoms with Crippen molar-refractivity contribution in [2.24, 2.45) is 0 Å². The van der Waals surface area contributed by atoms with E-state index < -0.39 is 0 Å². The molecule has 0 fully saturated rings. The summed E-state index contributed by atoms with van der Waals surface area (Å²) in [7, 11) is 0. The lowest BCUT2D eigenvalue weighted by Gasteiger charge is -2.23. The van der Waals surface area contributed by atoms with Crippen LogP contribution in [0.4, 0.5) is 0 Å². The van der Waals surface area contributed by atoms with Crippen LogP contribution in [0.3, 0.4) is 0 Å². The van der Waals surface area contributed by atoms with Crippen LogP contribution in [0.15, 0.2) is 36.9 Å². The molecule has 0 spiro atoms.